The molecule has 1 aromatic heterocycles. The summed E-state index contributed by atoms with van der Waals surface area (Å²) in [6, 6.07) is 8.06. The van der Waals surface area contributed by atoms with Gasteiger partial charge in [-0.2, -0.15) is 0 Å². The standard InChI is InChI=1S/C14H16N6O3/c1-9-16-17-18-20(9)8-11-12(13(21)15-11)19(14(22)23)7-10-5-3-2-4-6-10/h2-6,11-12H,7-8H2,1H3,(H,15,21)(H,22,23)/t11-,12-/m0/s1. The van der Waals surface area contributed by atoms with Crippen LogP contribution in [0.25, 0.3) is 0 Å². The van der Waals surface area contributed by atoms with E-state index in [4.69, 9.17) is 0 Å². The van der Waals surface area contributed by atoms with Gasteiger partial charge < -0.3 is 10.4 Å². The number of β-lactam (4-membered cyclic amide) rings is 1. The van der Waals surface area contributed by atoms with Crippen LogP contribution < -0.4 is 5.32 Å². The molecular weight excluding hydrogens is 300 g/mol. The van der Waals surface area contributed by atoms with Crippen LogP contribution in [0.2, 0.25) is 0 Å². The monoisotopic (exact) mass is 316 g/mol. The Morgan fingerprint density at radius 3 is 2.70 bits per heavy atom. The molecule has 2 amide bonds. The molecule has 1 aliphatic heterocycles. The lowest BCUT2D eigenvalue weighted by Crippen LogP contribution is -2.70. The molecule has 1 fully saturated rings. The fourth-order valence-corrected chi connectivity index (χ4v) is 2.61. The van der Waals surface area contributed by atoms with E-state index in [1.807, 2.05) is 30.3 Å². The summed E-state index contributed by atoms with van der Waals surface area (Å²) >= 11 is 0. The first-order valence-corrected chi connectivity index (χ1v) is 7.13. The number of nitrogens with one attached hydrogen (secondary N) is 1. The molecule has 2 aromatic rings. The van der Waals surface area contributed by atoms with Gasteiger partial charge in [-0.1, -0.05) is 30.3 Å². The number of aromatic nitrogens is 4. The van der Waals surface area contributed by atoms with Gasteiger partial charge in [0.05, 0.1) is 12.6 Å². The second-order valence-electron chi connectivity index (χ2n) is 5.36. The van der Waals surface area contributed by atoms with Crippen LogP contribution in [0, 0.1) is 6.92 Å². The van der Waals surface area contributed by atoms with Crippen LogP contribution in [0.4, 0.5) is 4.79 Å². The van der Waals surface area contributed by atoms with E-state index in [-0.39, 0.29) is 18.5 Å². The van der Waals surface area contributed by atoms with Crippen molar-refractivity contribution >= 4 is 12.0 Å². The molecule has 1 aliphatic rings. The maximum Gasteiger partial charge on any atom is 0.408 e. The normalized spacial score (nSPS) is 19.8. The molecule has 0 bridgehead atoms. The summed E-state index contributed by atoms with van der Waals surface area (Å²) in [6.45, 7) is 2.22. The lowest BCUT2D eigenvalue weighted by molar-refractivity contribution is -0.137. The Labute approximate surface area is 131 Å². The van der Waals surface area contributed by atoms with E-state index in [2.05, 4.69) is 20.8 Å². The fourth-order valence-electron chi connectivity index (χ4n) is 2.61. The lowest BCUT2D eigenvalue weighted by atomic mass is 9.96. The molecule has 2 N–H and O–H groups in total. The highest BCUT2D eigenvalue weighted by Crippen LogP contribution is 2.19. The number of hydrogen-bond donors (Lipinski definition) is 2. The first-order chi connectivity index (χ1) is 11.1. The van der Waals surface area contributed by atoms with Gasteiger partial charge in [-0.05, 0) is 22.9 Å². The maximum atomic E-state index is 11.9. The van der Waals surface area contributed by atoms with E-state index >= 15 is 0 Å². The van der Waals surface area contributed by atoms with Gasteiger partial charge in [0.15, 0.2) is 0 Å². The van der Waals surface area contributed by atoms with Crippen LogP contribution in [0.3, 0.4) is 0 Å². The zero-order valence-corrected chi connectivity index (χ0v) is 12.5. The molecule has 2 atom stereocenters. The molecule has 120 valence electrons. The summed E-state index contributed by atoms with van der Waals surface area (Å²) in [7, 11) is 0. The number of aryl methyl sites for hydroxylation is 1. The molecule has 2 heterocycles. The Morgan fingerprint density at radius 2 is 2.13 bits per heavy atom. The average molecular weight is 316 g/mol. The second-order valence-corrected chi connectivity index (χ2v) is 5.36. The smallest absolute Gasteiger partial charge is 0.408 e. The molecule has 0 aliphatic carbocycles. The Hall–Kier alpha value is -2.97. The third-order valence-electron chi connectivity index (χ3n) is 3.84. The highest BCUT2D eigenvalue weighted by molar-refractivity contribution is 5.92. The minimum atomic E-state index is -1.13. The van der Waals surface area contributed by atoms with E-state index < -0.39 is 12.1 Å². The number of hydrogen-bond acceptors (Lipinski definition) is 5. The maximum absolute atomic E-state index is 11.9. The molecule has 9 heteroatoms. The summed E-state index contributed by atoms with van der Waals surface area (Å²) in [5.74, 6) is 0.300. The molecule has 1 aromatic carbocycles. The van der Waals surface area contributed by atoms with E-state index in [0.717, 1.165) is 10.5 Å². The minimum Gasteiger partial charge on any atom is -0.465 e. The Balaban J connectivity index is 1.76. The van der Waals surface area contributed by atoms with Crippen molar-refractivity contribution in [2.75, 3.05) is 0 Å². The number of tetrazole rings is 1. The summed E-state index contributed by atoms with van der Waals surface area (Å²) in [5.41, 5.74) is 0.826. The van der Waals surface area contributed by atoms with Gasteiger partial charge in [0.1, 0.15) is 11.9 Å². The van der Waals surface area contributed by atoms with Gasteiger partial charge in [0.25, 0.3) is 0 Å². The predicted octanol–water partition coefficient (Wildman–Crippen LogP) is 0.0287. The van der Waals surface area contributed by atoms with Gasteiger partial charge >= 0.3 is 6.09 Å². The topological polar surface area (TPSA) is 113 Å². The molecule has 9 nitrogen and oxygen atoms in total. The third-order valence-corrected chi connectivity index (χ3v) is 3.84. The zero-order valence-electron chi connectivity index (χ0n) is 12.5. The summed E-state index contributed by atoms with van der Waals surface area (Å²) in [4.78, 5) is 24.7. The highest BCUT2D eigenvalue weighted by atomic mass is 16.4. The van der Waals surface area contributed by atoms with E-state index in [1.165, 1.54) is 0 Å². The van der Waals surface area contributed by atoms with Gasteiger partial charge in [0, 0.05) is 6.54 Å². The number of carbonyl (C=O) groups excluding carboxylic acids is 1. The van der Waals surface area contributed by atoms with E-state index in [1.54, 1.807) is 11.6 Å². The SMILES string of the molecule is Cc1nnnn1C[C@@H]1NC(=O)[C@H]1N(Cc1ccccc1)C(=O)O. The van der Waals surface area contributed by atoms with Gasteiger partial charge in [-0.15, -0.1) is 5.10 Å². The zero-order chi connectivity index (χ0) is 16.4. The fraction of sp³-hybridized carbons (Fsp3) is 0.357. The van der Waals surface area contributed by atoms with Crippen molar-refractivity contribution < 1.29 is 14.7 Å². The van der Waals surface area contributed by atoms with Crippen LogP contribution in [-0.4, -0.2) is 54.3 Å². The molecule has 23 heavy (non-hydrogen) atoms. The van der Waals surface area contributed by atoms with Crippen molar-refractivity contribution in [3.8, 4) is 0 Å². The number of carbonyl (C=O) groups is 2. The van der Waals surface area contributed by atoms with Crippen molar-refractivity contribution in [1.82, 2.24) is 30.4 Å². The summed E-state index contributed by atoms with van der Waals surface area (Å²) in [6.07, 6.45) is -1.13. The largest absolute Gasteiger partial charge is 0.465 e. The molecule has 0 unspecified atom stereocenters. The average Bonchev–Trinajstić information content (AvgIpc) is 2.92. The van der Waals surface area contributed by atoms with Gasteiger partial charge in [-0.25, -0.2) is 9.48 Å². The van der Waals surface area contributed by atoms with Crippen LogP contribution in [0.15, 0.2) is 30.3 Å². The number of carboxylic acid groups (broad SMARTS) is 1. The summed E-state index contributed by atoms with van der Waals surface area (Å²) < 4.78 is 1.54. The molecule has 3 rings (SSSR count). The van der Waals surface area contributed by atoms with Crippen molar-refractivity contribution in [3.63, 3.8) is 0 Å². The van der Waals surface area contributed by atoms with E-state index in [9.17, 15) is 14.7 Å². The number of amides is 2. The van der Waals surface area contributed by atoms with Crippen LogP contribution in [0.1, 0.15) is 11.4 Å². The summed E-state index contributed by atoms with van der Waals surface area (Å²) in [5, 5.41) is 23.4. The molecule has 1 saturated heterocycles. The number of rotatable bonds is 5. The number of benzene rings is 1. The first-order valence-electron chi connectivity index (χ1n) is 7.13. The molecule has 0 saturated carbocycles. The van der Waals surface area contributed by atoms with Crippen molar-refractivity contribution in [3.05, 3.63) is 41.7 Å². The quantitative estimate of drug-likeness (QED) is 0.752. The Kier molecular flexibility index (Phi) is 3.92. The second kappa shape index (κ2) is 6.03. The van der Waals surface area contributed by atoms with Crippen LogP contribution in [0.5, 0.6) is 0 Å². The van der Waals surface area contributed by atoms with Gasteiger partial charge in [0.2, 0.25) is 5.91 Å². The molecule has 0 radical (unpaired) electrons. The Bertz CT molecular complexity index is 716. The van der Waals surface area contributed by atoms with Gasteiger partial charge in [-0.3, -0.25) is 9.69 Å². The van der Waals surface area contributed by atoms with E-state index in [0.29, 0.717) is 12.4 Å². The molecule has 0 spiro atoms. The first kappa shape index (κ1) is 14.9. The van der Waals surface area contributed by atoms with Crippen LogP contribution >= 0.6 is 0 Å². The van der Waals surface area contributed by atoms with Crippen LogP contribution in [-0.2, 0) is 17.9 Å². The predicted molar refractivity (Wildman–Crippen MR) is 78.3 cm³/mol. The lowest BCUT2D eigenvalue weighted by Gasteiger charge is -2.42. The molecular formula is C14H16N6O3. The third kappa shape index (κ3) is 2.98. The van der Waals surface area contributed by atoms with Crippen molar-refractivity contribution in [2.45, 2.75) is 32.1 Å². The minimum absolute atomic E-state index is 0.152. The van der Waals surface area contributed by atoms with Crippen molar-refractivity contribution in [1.29, 1.82) is 0 Å². The number of nitrogens with zero attached hydrogens (tertiary/aromatic N) is 5. The van der Waals surface area contributed by atoms with Crippen molar-refractivity contribution in [2.24, 2.45) is 0 Å². The highest BCUT2D eigenvalue weighted by Gasteiger charge is 2.46. The Morgan fingerprint density at radius 1 is 1.39 bits per heavy atom.